The molecule has 4 atom stereocenters. The first-order valence-corrected chi connectivity index (χ1v) is 11.5. The second-order valence-electron chi connectivity index (χ2n) is 8.48. The van der Waals surface area contributed by atoms with Crippen LogP contribution in [0.3, 0.4) is 0 Å². The summed E-state index contributed by atoms with van der Waals surface area (Å²) in [4.78, 5) is 46.4. The van der Waals surface area contributed by atoms with Gasteiger partial charge in [0, 0.05) is 31.1 Å². The number of hydrogen-bond acceptors (Lipinski definition) is 7. The summed E-state index contributed by atoms with van der Waals surface area (Å²) < 4.78 is 4.67. The monoisotopic (exact) mass is 438 g/mol. The van der Waals surface area contributed by atoms with E-state index >= 15 is 0 Å². The third-order valence-corrected chi connectivity index (χ3v) is 5.92. The van der Waals surface area contributed by atoms with Crippen molar-refractivity contribution in [2.75, 3.05) is 6.61 Å². The molecule has 1 rings (SSSR count). The van der Waals surface area contributed by atoms with E-state index < -0.39 is 23.5 Å². The van der Waals surface area contributed by atoms with Gasteiger partial charge in [-0.15, -0.1) is 0 Å². The number of aldehydes is 1. The maximum atomic E-state index is 12.3. The largest absolute Gasteiger partial charge is 0.460 e. The number of aliphatic hydroxyl groups excluding tert-OH is 1. The van der Waals surface area contributed by atoms with Gasteiger partial charge in [-0.3, -0.25) is 9.59 Å². The Bertz CT molecular complexity index is 627. The van der Waals surface area contributed by atoms with E-state index in [4.69, 9.17) is 0 Å². The molecule has 0 amide bonds. The van der Waals surface area contributed by atoms with Gasteiger partial charge in [-0.25, -0.2) is 4.79 Å². The van der Waals surface area contributed by atoms with Crippen molar-refractivity contribution < 1.29 is 34.1 Å². The number of carbonyl (C=O) groups is 4. The van der Waals surface area contributed by atoms with Crippen molar-refractivity contribution in [2.45, 2.75) is 96.2 Å². The van der Waals surface area contributed by atoms with Crippen LogP contribution in [0.4, 0.5) is 0 Å². The second kappa shape index (κ2) is 14.2. The summed E-state index contributed by atoms with van der Waals surface area (Å²) in [5, 5.41) is 20.6. The zero-order valence-corrected chi connectivity index (χ0v) is 18.9. The van der Waals surface area contributed by atoms with E-state index in [0.29, 0.717) is 25.5 Å². The summed E-state index contributed by atoms with van der Waals surface area (Å²) in [5.74, 6) is -1.82. The van der Waals surface area contributed by atoms with E-state index in [9.17, 15) is 29.4 Å². The third kappa shape index (κ3) is 9.44. The number of ether oxygens (including phenoxy) is 1. The predicted octanol–water partition coefficient (Wildman–Crippen LogP) is 3.09. The van der Waals surface area contributed by atoms with Crippen LogP contribution < -0.4 is 0 Å². The quantitative estimate of drug-likeness (QED) is 0.125. The minimum atomic E-state index is -1.39. The molecule has 0 bridgehead atoms. The molecule has 1 aliphatic rings. The summed E-state index contributed by atoms with van der Waals surface area (Å²) >= 11 is 0. The maximum absolute atomic E-state index is 12.3. The maximum Gasteiger partial charge on any atom is 0.374 e. The van der Waals surface area contributed by atoms with Crippen molar-refractivity contribution in [1.29, 1.82) is 0 Å². The Morgan fingerprint density at radius 2 is 1.87 bits per heavy atom. The molecule has 0 aliphatic heterocycles. The lowest BCUT2D eigenvalue weighted by Gasteiger charge is -2.21. The van der Waals surface area contributed by atoms with Crippen LogP contribution in [0, 0.1) is 11.8 Å². The Morgan fingerprint density at radius 1 is 1.16 bits per heavy atom. The first-order chi connectivity index (χ1) is 14.8. The molecule has 0 spiro atoms. The number of hydrogen-bond donors (Lipinski definition) is 2. The van der Waals surface area contributed by atoms with E-state index in [-0.39, 0.29) is 43.5 Å². The van der Waals surface area contributed by atoms with Crippen LogP contribution in [0.1, 0.15) is 84.5 Å². The van der Waals surface area contributed by atoms with E-state index in [0.717, 1.165) is 32.1 Å². The van der Waals surface area contributed by atoms with E-state index in [1.54, 1.807) is 19.1 Å². The number of esters is 1. The summed E-state index contributed by atoms with van der Waals surface area (Å²) in [6.07, 6.45) is 9.46. The number of ketones is 2. The SMILES string of the molecule is CCCCC(O)(C=O)CC=C[C@H]1[C@H](O)CC(=O)[C@@H]1CCCCCCC(=O)C(=O)OCC. The zero-order valence-electron chi connectivity index (χ0n) is 18.9. The highest BCUT2D eigenvalue weighted by Gasteiger charge is 2.39. The van der Waals surface area contributed by atoms with Gasteiger partial charge >= 0.3 is 5.97 Å². The van der Waals surface area contributed by atoms with E-state index in [1.165, 1.54) is 0 Å². The normalized spacial score (nSPS) is 23.1. The number of unbranched alkanes of at least 4 members (excludes halogenated alkanes) is 4. The summed E-state index contributed by atoms with van der Waals surface area (Å²) in [5.41, 5.74) is -1.39. The van der Waals surface area contributed by atoms with Crippen molar-refractivity contribution in [3.8, 4) is 0 Å². The van der Waals surface area contributed by atoms with Gasteiger partial charge in [0.25, 0.3) is 0 Å². The molecule has 0 aromatic rings. The van der Waals surface area contributed by atoms with Gasteiger partial charge in [-0.2, -0.15) is 0 Å². The van der Waals surface area contributed by atoms with Crippen molar-refractivity contribution in [1.82, 2.24) is 0 Å². The molecule has 2 N–H and O–H groups in total. The van der Waals surface area contributed by atoms with E-state index in [1.807, 2.05) is 6.92 Å². The van der Waals surface area contributed by atoms with Gasteiger partial charge in [0.05, 0.1) is 12.7 Å². The molecule has 0 radical (unpaired) electrons. The summed E-state index contributed by atoms with van der Waals surface area (Å²) in [7, 11) is 0. The fraction of sp³-hybridized carbons (Fsp3) is 0.750. The number of Topliss-reactive ketones (excluding diaryl/α,β-unsaturated/α-hetero) is 2. The Kier molecular flexibility index (Phi) is 12.5. The van der Waals surface area contributed by atoms with Crippen LogP contribution in [0.5, 0.6) is 0 Å². The third-order valence-electron chi connectivity index (χ3n) is 5.92. The van der Waals surface area contributed by atoms with Gasteiger partial charge in [-0.05, 0) is 26.2 Å². The Balaban J connectivity index is 2.44. The first kappa shape index (κ1) is 27.2. The van der Waals surface area contributed by atoms with Gasteiger partial charge in [-0.1, -0.05) is 51.2 Å². The molecule has 1 unspecified atom stereocenters. The molecule has 0 saturated heterocycles. The first-order valence-electron chi connectivity index (χ1n) is 11.5. The van der Waals surface area contributed by atoms with E-state index in [2.05, 4.69) is 4.74 Å². The van der Waals surface area contributed by atoms with Crippen LogP contribution in [0.25, 0.3) is 0 Å². The smallest absolute Gasteiger partial charge is 0.374 e. The van der Waals surface area contributed by atoms with Gasteiger partial charge in [0.15, 0.2) is 6.29 Å². The van der Waals surface area contributed by atoms with Gasteiger partial charge in [0.2, 0.25) is 5.78 Å². The average molecular weight is 439 g/mol. The van der Waals surface area contributed by atoms with Crippen LogP contribution in [-0.2, 0) is 23.9 Å². The van der Waals surface area contributed by atoms with Crippen LogP contribution in [-0.4, -0.2) is 52.3 Å². The molecular weight excluding hydrogens is 400 g/mol. The predicted molar refractivity (Wildman–Crippen MR) is 116 cm³/mol. The average Bonchev–Trinajstić information content (AvgIpc) is 3.01. The second-order valence-corrected chi connectivity index (χ2v) is 8.48. The fourth-order valence-electron chi connectivity index (χ4n) is 4.03. The lowest BCUT2D eigenvalue weighted by atomic mass is 9.87. The highest BCUT2D eigenvalue weighted by molar-refractivity contribution is 6.33. The molecular formula is C24H38O7. The van der Waals surface area contributed by atoms with Gasteiger partial charge in [0.1, 0.15) is 11.4 Å². The molecule has 7 nitrogen and oxygen atoms in total. The van der Waals surface area contributed by atoms with Crippen LogP contribution in [0.2, 0.25) is 0 Å². The van der Waals surface area contributed by atoms with Gasteiger partial charge < -0.3 is 19.7 Å². The molecule has 0 heterocycles. The molecule has 1 aliphatic carbocycles. The standard InChI is InChI=1S/C24H38O7/c1-3-5-14-24(30,17-25)15-10-12-19-18(21(27)16-22(19)28)11-8-6-7-9-13-20(26)23(29)31-4-2/h10,12,17-19,22,28,30H,3-9,11,13-16H2,1-2H3/t18-,19-,22-,24?/m1/s1. The molecule has 1 fully saturated rings. The van der Waals surface area contributed by atoms with Crippen molar-refractivity contribution in [3.63, 3.8) is 0 Å². The Morgan fingerprint density at radius 3 is 2.52 bits per heavy atom. The molecule has 31 heavy (non-hydrogen) atoms. The van der Waals surface area contributed by atoms with Crippen LogP contribution in [0.15, 0.2) is 12.2 Å². The molecule has 176 valence electrons. The Hall–Kier alpha value is -1.86. The number of rotatable bonds is 16. The minimum Gasteiger partial charge on any atom is -0.460 e. The lowest BCUT2D eigenvalue weighted by molar-refractivity contribution is -0.153. The molecule has 7 heteroatoms. The molecule has 0 aromatic carbocycles. The van der Waals surface area contributed by atoms with Crippen molar-refractivity contribution >= 4 is 23.8 Å². The summed E-state index contributed by atoms with van der Waals surface area (Å²) in [6.45, 7) is 3.84. The lowest BCUT2D eigenvalue weighted by Crippen LogP contribution is -2.29. The van der Waals surface area contributed by atoms with Crippen LogP contribution >= 0.6 is 0 Å². The Labute approximate surface area is 185 Å². The fourth-order valence-corrected chi connectivity index (χ4v) is 4.03. The molecule has 0 aromatic heterocycles. The number of carbonyl (C=O) groups excluding carboxylic acids is 4. The molecule has 1 saturated carbocycles. The van der Waals surface area contributed by atoms with Crippen molar-refractivity contribution in [3.05, 3.63) is 12.2 Å². The highest BCUT2D eigenvalue weighted by atomic mass is 16.5. The number of aliphatic hydroxyl groups is 2. The summed E-state index contributed by atoms with van der Waals surface area (Å²) in [6, 6.07) is 0. The zero-order chi connectivity index (χ0) is 23.3. The topological polar surface area (TPSA) is 118 Å². The van der Waals surface area contributed by atoms with Crippen molar-refractivity contribution in [2.24, 2.45) is 11.8 Å². The minimum absolute atomic E-state index is 0.0382. The highest BCUT2D eigenvalue weighted by Crippen LogP contribution is 2.34.